The fraction of sp³-hybridized carbons (Fsp3) is 1.00. The maximum absolute atomic E-state index is 3.65. The minimum absolute atomic E-state index is 0.258. The van der Waals surface area contributed by atoms with Gasteiger partial charge in [-0.25, -0.2) is 0 Å². The summed E-state index contributed by atoms with van der Waals surface area (Å²) in [5.41, 5.74) is 0.258. The molecule has 102 valence electrons. The molecular formula is C16H33N. The van der Waals surface area contributed by atoms with Crippen LogP contribution >= 0.6 is 0 Å². The number of hydrogen-bond donors (Lipinski definition) is 1. The lowest BCUT2D eigenvalue weighted by molar-refractivity contribution is 0.164. The van der Waals surface area contributed by atoms with E-state index in [4.69, 9.17) is 0 Å². The van der Waals surface area contributed by atoms with Crippen molar-refractivity contribution in [3.05, 3.63) is 0 Å². The molecule has 1 N–H and O–H groups in total. The second-order valence-electron chi connectivity index (χ2n) is 7.50. The van der Waals surface area contributed by atoms with Crippen LogP contribution < -0.4 is 5.32 Å². The van der Waals surface area contributed by atoms with E-state index in [0.29, 0.717) is 0 Å². The first-order valence-electron chi connectivity index (χ1n) is 7.54. The van der Waals surface area contributed by atoms with Crippen molar-refractivity contribution in [1.29, 1.82) is 0 Å². The molecule has 1 aliphatic rings. The van der Waals surface area contributed by atoms with Gasteiger partial charge in [0.25, 0.3) is 0 Å². The zero-order valence-corrected chi connectivity index (χ0v) is 12.8. The van der Waals surface area contributed by atoms with Gasteiger partial charge in [-0.05, 0) is 57.4 Å². The number of rotatable bonds is 4. The molecule has 0 bridgehead atoms. The van der Waals surface area contributed by atoms with Crippen molar-refractivity contribution in [3.8, 4) is 0 Å². The molecule has 1 fully saturated rings. The van der Waals surface area contributed by atoms with Crippen LogP contribution in [0.2, 0.25) is 0 Å². The van der Waals surface area contributed by atoms with E-state index in [0.717, 1.165) is 30.2 Å². The Labute approximate surface area is 109 Å². The standard InChI is InChI=1S/C16H33N/c1-12-8-7-9-15(10-12)14(3)13(2)11-17-16(4,5)6/h12-15,17H,7-11H2,1-6H3. The molecule has 0 amide bonds. The molecule has 0 aliphatic heterocycles. The molecule has 0 aromatic heterocycles. The average molecular weight is 239 g/mol. The summed E-state index contributed by atoms with van der Waals surface area (Å²) in [6.07, 6.45) is 5.83. The monoisotopic (exact) mass is 239 g/mol. The van der Waals surface area contributed by atoms with E-state index in [1.54, 1.807) is 0 Å². The predicted molar refractivity (Wildman–Crippen MR) is 77.2 cm³/mol. The highest BCUT2D eigenvalue weighted by atomic mass is 14.9. The summed E-state index contributed by atoms with van der Waals surface area (Å²) in [6, 6.07) is 0. The van der Waals surface area contributed by atoms with E-state index in [1.165, 1.54) is 25.7 Å². The summed E-state index contributed by atoms with van der Waals surface area (Å²) < 4.78 is 0. The third kappa shape index (κ3) is 5.42. The lowest BCUT2D eigenvalue weighted by Crippen LogP contribution is -2.41. The van der Waals surface area contributed by atoms with Crippen LogP contribution in [0.15, 0.2) is 0 Å². The van der Waals surface area contributed by atoms with Gasteiger partial charge in [0.15, 0.2) is 0 Å². The van der Waals surface area contributed by atoms with Crippen LogP contribution in [-0.2, 0) is 0 Å². The van der Waals surface area contributed by atoms with E-state index in [2.05, 4.69) is 46.9 Å². The van der Waals surface area contributed by atoms with Crippen molar-refractivity contribution in [2.75, 3.05) is 6.54 Å². The molecule has 1 saturated carbocycles. The van der Waals surface area contributed by atoms with Gasteiger partial charge in [-0.1, -0.05) is 40.0 Å². The van der Waals surface area contributed by atoms with Crippen LogP contribution in [0.3, 0.4) is 0 Å². The van der Waals surface area contributed by atoms with E-state index in [9.17, 15) is 0 Å². The first kappa shape index (κ1) is 15.0. The number of nitrogens with one attached hydrogen (secondary N) is 1. The van der Waals surface area contributed by atoms with Gasteiger partial charge in [0.05, 0.1) is 0 Å². The zero-order chi connectivity index (χ0) is 13.1. The van der Waals surface area contributed by atoms with Gasteiger partial charge in [-0.2, -0.15) is 0 Å². The van der Waals surface area contributed by atoms with Crippen molar-refractivity contribution in [1.82, 2.24) is 5.32 Å². The second-order valence-corrected chi connectivity index (χ2v) is 7.50. The Bertz CT molecular complexity index is 216. The fourth-order valence-corrected chi connectivity index (χ4v) is 3.08. The van der Waals surface area contributed by atoms with Gasteiger partial charge in [0.1, 0.15) is 0 Å². The van der Waals surface area contributed by atoms with Gasteiger partial charge < -0.3 is 5.32 Å². The largest absolute Gasteiger partial charge is 0.312 e. The summed E-state index contributed by atoms with van der Waals surface area (Å²) >= 11 is 0. The highest BCUT2D eigenvalue weighted by Gasteiger charge is 2.27. The van der Waals surface area contributed by atoms with Gasteiger partial charge in [-0.15, -0.1) is 0 Å². The molecule has 4 atom stereocenters. The molecule has 4 unspecified atom stereocenters. The molecule has 0 heterocycles. The molecule has 0 aromatic rings. The van der Waals surface area contributed by atoms with Gasteiger partial charge in [0.2, 0.25) is 0 Å². The molecule has 17 heavy (non-hydrogen) atoms. The maximum atomic E-state index is 3.65. The van der Waals surface area contributed by atoms with Crippen LogP contribution in [-0.4, -0.2) is 12.1 Å². The summed E-state index contributed by atoms with van der Waals surface area (Å²) in [7, 11) is 0. The maximum Gasteiger partial charge on any atom is 0.00966 e. The summed E-state index contributed by atoms with van der Waals surface area (Å²) in [5, 5.41) is 3.65. The number of hydrogen-bond acceptors (Lipinski definition) is 1. The van der Waals surface area contributed by atoms with Crippen LogP contribution in [0.25, 0.3) is 0 Å². The Kier molecular flexibility index (Phi) is 5.50. The van der Waals surface area contributed by atoms with E-state index in [1.807, 2.05) is 0 Å². The fourth-order valence-electron chi connectivity index (χ4n) is 3.08. The van der Waals surface area contributed by atoms with Crippen molar-refractivity contribution in [3.63, 3.8) is 0 Å². The lowest BCUT2D eigenvalue weighted by Gasteiger charge is -2.35. The first-order valence-corrected chi connectivity index (χ1v) is 7.54. The average Bonchev–Trinajstić information content (AvgIpc) is 2.24. The normalized spacial score (nSPS) is 30.0. The van der Waals surface area contributed by atoms with Crippen LogP contribution in [0, 0.1) is 23.7 Å². The molecular weight excluding hydrogens is 206 g/mol. The van der Waals surface area contributed by atoms with Crippen LogP contribution in [0.1, 0.15) is 67.2 Å². The summed E-state index contributed by atoms with van der Waals surface area (Å²) in [4.78, 5) is 0. The molecule has 1 heteroatoms. The van der Waals surface area contributed by atoms with Gasteiger partial charge in [0, 0.05) is 5.54 Å². The highest BCUT2D eigenvalue weighted by Crippen LogP contribution is 2.36. The molecule has 1 rings (SSSR count). The minimum Gasteiger partial charge on any atom is -0.312 e. The molecule has 1 nitrogen and oxygen atoms in total. The van der Waals surface area contributed by atoms with Gasteiger partial charge >= 0.3 is 0 Å². The van der Waals surface area contributed by atoms with Crippen molar-refractivity contribution < 1.29 is 0 Å². The van der Waals surface area contributed by atoms with Crippen LogP contribution in [0.4, 0.5) is 0 Å². The van der Waals surface area contributed by atoms with Crippen molar-refractivity contribution >= 4 is 0 Å². The first-order chi connectivity index (χ1) is 7.79. The van der Waals surface area contributed by atoms with E-state index < -0.39 is 0 Å². The Morgan fingerprint density at radius 2 is 1.82 bits per heavy atom. The quantitative estimate of drug-likeness (QED) is 0.763. The Hall–Kier alpha value is -0.0400. The van der Waals surface area contributed by atoms with Crippen molar-refractivity contribution in [2.45, 2.75) is 72.8 Å². The van der Waals surface area contributed by atoms with E-state index >= 15 is 0 Å². The molecule has 0 spiro atoms. The molecule has 0 aromatic carbocycles. The second kappa shape index (κ2) is 6.22. The highest BCUT2D eigenvalue weighted by molar-refractivity contribution is 4.80. The van der Waals surface area contributed by atoms with E-state index in [-0.39, 0.29) is 5.54 Å². The zero-order valence-electron chi connectivity index (χ0n) is 12.8. The summed E-state index contributed by atoms with van der Waals surface area (Å²) in [5.74, 6) is 3.59. The van der Waals surface area contributed by atoms with Gasteiger partial charge in [-0.3, -0.25) is 0 Å². The third-order valence-electron chi connectivity index (χ3n) is 4.57. The Balaban J connectivity index is 2.37. The Morgan fingerprint density at radius 1 is 1.18 bits per heavy atom. The minimum atomic E-state index is 0.258. The SMILES string of the molecule is CC1CCCC(C(C)C(C)CNC(C)(C)C)C1. The summed E-state index contributed by atoms with van der Waals surface area (Å²) in [6.45, 7) is 15.3. The molecule has 0 saturated heterocycles. The lowest BCUT2D eigenvalue weighted by atomic mass is 9.72. The third-order valence-corrected chi connectivity index (χ3v) is 4.57. The smallest absolute Gasteiger partial charge is 0.00966 e. The topological polar surface area (TPSA) is 12.0 Å². The molecule has 1 aliphatic carbocycles. The predicted octanol–water partition coefficient (Wildman–Crippen LogP) is 4.47. The van der Waals surface area contributed by atoms with Crippen LogP contribution in [0.5, 0.6) is 0 Å². The Morgan fingerprint density at radius 3 is 2.35 bits per heavy atom. The molecule has 0 radical (unpaired) electrons. The van der Waals surface area contributed by atoms with Crippen molar-refractivity contribution in [2.24, 2.45) is 23.7 Å².